The average molecular weight is 404 g/mol. The number of benzene rings is 1. The number of rotatable bonds is 4. The molecule has 6 nitrogen and oxygen atoms in total. The van der Waals surface area contributed by atoms with Crippen molar-refractivity contribution in [3.05, 3.63) is 64.0 Å². The first kappa shape index (κ1) is 17.8. The van der Waals surface area contributed by atoms with E-state index in [2.05, 4.69) is 10.1 Å². The average Bonchev–Trinajstić information content (AvgIpc) is 3.00. The SMILES string of the molecule is Cc1onc(-c2ccccc2Cl)c1C(=O)N1CC(Oc2ncccc2Cl)C1. The van der Waals surface area contributed by atoms with E-state index in [0.29, 0.717) is 51.6 Å². The number of hydrogen-bond acceptors (Lipinski definition) is 5. The van der Waals surface area contributed by atoms with Crippen molar-refractivity contribution in [3.63, 3.8) is 0 Å². The molecule has 3 aromatic rings. The molecular weight excluding hydrogens is 389 g/mol. The topological polar surface area (TPSA) is 68.5 Å². The minimum absolute atomic E-state index is 0.162. The third kappa shape index (κ3) is 3.38. The van der Waals surface area contributed by atoms with Crippen molar-refractivity contribution < 1.29 is 14.1 Å². The maximum Gasteiger partial charge on any atom is 0.260 e. The molecule has 3 heterocycles. The minimum atomic E-state index is -0.171. The molecule has 1 saturated heterocycles. The summed E-state index contributed by atoms with van der Waals surface area (Å²) in [5.74, 6) is 0.650. The number of aromatic nitrogens is 2. The lowest BCUT2D eigenvalue weighted by molar-refractivity contribution is 0.0160. The van der Waals surface area contributed by atoms with Crippen LogP contribution in [0.3, 0.4) is 0 Å². The molecule has 1 aromatic carbocycles. The van der Waals surface area contributed by atoms with E-state index < -0.39 is 0 Å². The summed E-state index contributed by atoms with van der Waals surface area (Å²) in [5.41, 5.74) is 1.52. The van der Waals surface area contributed by atoms with Gasteiger partial charge in [0.1, 0.15) is 28.1 Å². The van der Waals surface area contributed by atoms with E-state index in [0.717, 1.165) is 0 Å². The number of hydrogen-bond donors (Lipinski definition) is 0. The second kappa shape index (κ2) is 7.21. The highest BCUT2D eigenvalue weighted by Crippen LogP contribution is 2.33. The maximum atomic E-state index is 13.0. The van der Waals surface area contributed by atoms with Crippen LogP contribution in [0, 0.1) is 6.92 Å². The number of nitrogens with zero attached hydrogens (tertiary/aromatic N) is 3. The lowest BCUT2D eigenvalue weighted by Gasteiger charge is -2.38. The molecule has 8 heteroatoms. The Balaban J connectivity index is 1.50. The lowest BCUT2D eigenvalue weighted by atomic mass is 10.0. The highest BCUT2D eigenvalue weighted by molar-refractivity contribution is 6.33. The van der Waals surface area contributed by atoms with E-state index in [9.17, 15) is 4.79 Å². The van der Waals surface area contributed by atoms with E-state index in [4.69, 9.17) is 32.5 Å². The fourth-order valence-corrected chi connectivity index (χ4v) is 3.30. The molecule has 1 aliphatic heterocycles. The van der Waals surface area contributed by atoms with E-state index in [1.165, 1.54) is 0 Å². The molecule has 2 aromatic heterocycles. The monoisotopic (exact) mass is 403 g/mol. The Bertz CT molecular complexity index is 999. The molecule has 4 rings (SSSR count). The van der Waals surface area contributed by atoms with Crippen LogP contribution in [0.5, 0.6) is 5.88 Å². The van der Waals surface area contributed by atoms with Crippen molar-refractivity contribution in [1.29, 1.82) is 0 Å². The van der Waals surface area contributed by atoms with Crippen molar-refractivity contribution in [2.24, 2.45) is 0 Å². The van der Waals surface area contributed by atoms with Crippen LogP contribution < -0.4 is 4.74 Å². The van der Waals surface area contributed by atoms with Crippen LogP contribution in [0.15, 0.2) is 47.1 Å². The number of carbonyl (C=O) groups excluding carboxylic acids is 1. The normalized spacial score (nSPS) is 14.1. The molecule has 0 spiro atoms. The third-order valence-electron chi connectivity index (χ3n) is 4.34. The lowest BCUT2D eigenvalue weighted by Crippen LogP contribution is -2.56. The van der Waals surface area contributed by atoms with E-state index in [1.807, 2.05) is 18.2 Å². The van der Waals surface area contributed by atoms with Gasteiger partial charge >= 0.3 is 0 Å². The molecule has 0 unspecified atom stereocenters. The molecule has 1 fully saturated rings. The van der Waals surface area contributed by atoms with E-state index in [-0.39, 0.29) is 12.0 Å². The van der Waals surface area contributed by atoms with Gasteiger partial charge < -0.3 is 14.2 Å². The summed E-state index contributed by atoms with van der Waals surface area (Å²) in [4.78, 5) is 18.7. The van der Waals surface area contributed by atoms with Crippen molar-refractivity contribution in [1.82, 2.24) is 15.0 Å². The summed E-state index contributed by atoms with van der Waals surface area (Å²) < 4.78 is 11.0. The van der Waals surface area contributed by atoms with Gasteiger partial charge in [-0.25, -0.2) is 4.98 Å². The quantitative estimate of drug-likeness (QED) is 0.650. The highest BCUT2D eigenvalue weighted by atomic mass is 35.5. The largest absolute Gasteiger partial charge is 0.470 e. The van der Waals surface area contributed by atoms with Gasteiger partial charge in [0.2, 0.25) is 5.88 Å². The zero-order chi connectivity index (χ0) is 19.0. The Labute approximate surface area is 165 Å². The van der Waals surface area contributed by atoms with Crippen molar-refractivity contribution in [2.75, 3.05) is 13.1 Å². The summed E-state index contributed by atoms with van der Waals surface area (Å²) in [7, 11) is 0. The predicted octanol–water partition coefficient (Wildman–Crippen LogP) is 4.26. The maximum absolute atomic E-state index is 13.0. The van der Waals surface area contributed by atoms with Gasteiger partial charge in [-0.15, -0.1) is 0 Å². The first-order valence-corrected chi connectivity index (χ1v) is 9.08. The van der Waals surface area contributed by atoms with Crippen LogP contribution in [-0.2, 0) is 0 Å². The van der Waals surface area contributed by atoms with Gasteiger partial charge in [0.25, 0.3) is 5.91 Å². The Morgan fingerprint density at radius 3 is 2.67 bits per heavy atom. The number of carbonyl (C=O) groups is 1. The van der Waals surface area contributed by atoms with Gasteiger partial charge in [-0.1, -0.05) is 46.6 Å². The molecule has 0 aliphatic carbocycles. The molecule has 0 atom stereocenters. The number of pyridine rings is 1. The number of likely N-dealkylation sites (tertiary alicyclic amines) is 1. The molecule has 0 saturated carbocycles. The zero-order valence-electron chi connectivity index (χ0n) is 14.4. The molecule has 1 aliphatic rings. The second-order valence-corrected chi connectivity index (χ2v) is 7.00. The third-order valence-corrected chi connectivity index (χ3v) is 4.96. The summed E-state index contributed by atoms with van der Waals surface area (Å²) in [6.07, 6.45) is 1.45. The molecular formula is C19H15Cl2N3O3. The number of amides is 1. The van der Waals surface area contributed by atoms with Crippen LogP contribution in [0.1, 0.15) is 16.1 Å². The second-order valence-electron chi connectivity index (χ2n) is 6.18. The van der Waals surface area contributed by atoms with Gasteiger partial charge in [-0.2, -0.15) is 0 Å². The first-order valence-electron chi connectivity index (χ1n) is 8.32. The number of halogens is 2. The van der Waals surface area contributed by atoms with Gasteiger partial charge in [0.05, 0.1) is 18.1 Å². The minimum Gasteiger partial charge on any atom is -0.470 e. The molecule has 0 N–H and O–H groups in total. The summed E-state index contributed by atoms with van der Waals surface area (Å²) in [6.45, 7) is 2.57. The molecule has 0 radical (unpaired) electrons. The van der Waals surface area contributed by atoms with Crippen LogP contribution >= 0.6 is 23.2 Å². The van der Waals surface area contributed by atoms with Gasteiger partial charge in [-0.3, -0.25) is 4.79 Å². The Hall–Kier alpha value is -2.57. The standard InChI is InChI=1S/C19H15Cl2N3O3/c1-11-16(17(23-27-11)13-5-2-3-6-14(13)20)19(25)24-9-12(10-24)26-18-15(21)7-4-8-22-18/h2-8,12H,9-10H2,1H3. The smallest absolute Gasteiger partial charge is 0.260 e. The van der Waals surface area contributed by atoms with Crippen LogP contribution in [-0.4, -0.2) is 40.1 Å². The Morgan fingerprint density at radius 2 is 1.93 bits per heavy atom. The molecule has 0 bridgehead atoms. The molecule has 138 valence electrons. The number of ether oxygens (including phenoxy) is 1. The van der Waals surface area contributed by atoms with Gasteiger partial charge in [0.15, 0.2) is 0 Å². The van der Waals surface area contributed by atoms with Crippen LogP contribution in [0.4, 0.5) is 0 Å². The highest BCUT2D eigenvalue weighted by Gasteiger charge is 2.36. The summed E-state index contributed by atoms with van der Waals surface area (Å²) in [6, 6.07) is 10.7. The molecule has 27 heavy (non-hydrogen) atoms. The van der Waals surface area contributed by atoms with Crippen LogP contribution in [0.25, 0.3) is 11.3 Å². The number of aryl methyl sites for hydroxylation is 1. The predicted molar refractivity (Wildman–Crippen MR) is 101 cm³/mol. The van der Waals surface area contributed by atoms with E-state index in [1.54, 1.807) is 36.2 Å². The van der Waals surface area contributed by atoms with E-state index >= 15 is 0 Å². The Kier molecular flexibility index (Phi) is 4.76. The Morgan fingerprint density at radius 1 is 1.19 bits per heavy atom. The fraction of sp³-hybridized carbons (Fsp3) is 0.211. The van der Waals surface area contributed by atoms with Crippen molar-refractivity contribution >= 4 is 29.1 Å². The summed E-state index contributed by atoms with van der Waals surface area (Å²) >= 11 is 12.3. The summed E-state index contributed by atoms with van der Waals surface area (Å²) in [5, 5.41) is 4.99. The fourth-order valence-electron chi connectivity index (χ4n) is 2.91. The van der Waals surface area contributed by atoms with Gasteiger partial charge in [0, 0.05) is 11.8 Å². The van der Waals surface area contributed by atoms with Crippen molar-refractivity contribution in [3.8, 4) is 17.1 Å². The zero-order valence-corrected chi connectivity index (χ0v) is 15.9. The molecule has 1 amide bonds. The van der Waals surface area contributed by atoms with Crippen molar-refractivity contribution in [2.45, 2.75) is 13.0 Å². The first-order chi connectivity index (χ1) is 13.0. The van der Waals surface area contributed by atoms with Gasteiger partial charge in [-0.05, 0) is 25.1 Å². The van der Waals surface area contributed by atoms with Crippen LogP contribution in [0.2, 0.25) is 10.0 Å².